The van der Waals surface area contributed by atoms with Crippen LogP contribution in [0.1, 0.15) is 18.4 Å². The number of methoxy groups -OCH3 is 1. The first-order valence-corrected chi connectivity index (χ1v) is 7.88. The SMILES string of the molecule is COCCNCc1cccnc1N(C)CCN1CCCC1. The van der Waals surface area contributed by atoms with Crippen LogP contribution < -0.4 is 10.2 Å². The molecule has 1 fully saturated rings. The number of ether oxygens (including phenoxy) is 1. The Morgan fingerprint density at radius 1 is 1.38 bits per heavy atom. The van der Waals surface area contributed by atoms with Crippen molar-refractivity contribution in [2.75, 3.05) is 58.4 Å². The molecule has 0 bridgehead atoms. The number of likely N-dealkylation sites (N-methyl/N-ethyl adjacent to an activating group) is 1. The molecule has 2 rings (SSSR count). The molecule has 1 aliphatic rings. The molecule has 1 saturated heterocycles. The minimum absolute atomic E-state index is 0.737. The van der Waals surface area contributed by atoms with Gasteiger partial charge < -0.3 is 19.9 Å². The molecule has 0 aromatic carbocycles. The van der Waals surface area contributed by atoms with Crippen LogP contribution in [0.4, 0.5) is 5.82 Å². The van der Waals surface area contributed by atoms with Crippen molar-refractivity contribution in [3.8, 4) is 0 Å². The molecule has 2 heterocycles. The van der Waals surface area contributed by atoms with E-state index in [1.165, 1.54) is 31.5 Å². The van der Waals surface area contributed by atoms with E-state index in [0.29, 0.717) is 0 Å². The van der Waals surface area contributed by atoms with Gasteiger partial charge in [-0.25, -0.2) is 4.98 Å². The van der Waals surface area contributed by atoms with Gasteiger partial charge in [-0.3, -0.25) is 0 Å². The van der Waals surface area contributed by atoms with E-state index >= 15 is 0 Å². The number of aromatic nitrogens is 1. The predicted molar refractivity (Wildman–Crippen MR) is 86.8 cm³/mol. The van der Waals surface area contributed by atoms with Crippen LogP contribution >= 0.6 is 0 Å². The molecular weight excluding hydrogens is 264 g/mol. The van der Waals surface area contributed by atoms with E-state index in [-0.39, 0.29) is 0 Å². The first-order chi connectivity index (χ1) is 10.3. The molecule has 0 amide bonds. The number of pyridine rings is 1. The minimum Gasteiger partial charge on any atom is -0.383 e. The third kappa shape index (κ3) is 5.26. The van der Waals surface area contributed by atoms with Crippen molar-refractivity contribution in [2.24, 2.45) is 0 Å². The van der Waals surface area contributed by atoms with Crippen LogP contribution in [0.5, 0.6) is 0 Å². The number of anilines is 1. The average Bonchev–Trinajstić information content (AvgIpc) is 3.03. The Morgan fingerprint density at radius 3 is 2.95 bits per heavy atom. The summed E-state index contributed by atoms with van der Waals surface area (Å²) in [6.45, 7) is 7.10. The van der Waals surface area contributed by atoms with Crippen LogP contribution in [0.3, 0.4) is 0 Å². The zero-order valence-corrected chi connectivity index (χ0v) is 13.3. The molecule has 1 N–H and O–H groups in total. The molecule has 0 atom stereocenters. The van der Waals surface area contributed by atoms with Gasteiger partial charge in [0.05, 0.1) is 6.61 Å². The van der Waals surface area contributed by atoms with Gasteiger partial charge in [0.15, 0.2) is 0 Å². The third-order valence-electron chi connectivity index (χ3n) is 3.98. The first-order valence-electron chi connectivity index (χ1n) is 7.88. The van der Waals surface area contributed by atoms with Gasteiger partial charge in [0.2, 0.25) is 0 Å². The van der Waals surface area contributed by atoms with Crippen molar-refractivity contribution >= 4 is 5.82 Å². The molecular formula is C16H28N4O. The van der Waals surface area contributed by atoms with Gasteiger partial charge in [-0.2, -0.15) is 0 Å². The zero-order chi connectivity index (χ0) is 14.9. The van der Waals surface area contributed by atoms with Crippen molar-refractivity contribution in [1.82, 2.24) is 15.2 Å². The van der Waals surface area contributed by atoms with Gasteiger partial charge in [-0.1, -0.05) is 6.07 Å². The Labute approximate surface area is 128 Å². The van der Waals surface area contributed by atoms with Crippen molar-refractivity contribution in [3.05, 3.63) is 23.9 Å². The van der Waals surface area contributed by atoms with Gasteiger partial charge in [-0.05, 0) is 32.0 Å². The predicted octanol–water partition coefficient (Wildman–Crippen LogP) is 1.35. The fourth-order valence-electron chi connectivity index (χ4n) is 2.71. The Balaban J connectivity index is 1.84. The Kier molecular flexibility index (Phi) is 6.92. The summed E-state index contributed by atoms with van der Waals surface area (Å²) < 4.78 is 5.06. The number of nitrogens with zero attached hydrogens (tertiary/aromatic N) is 3. The fraction of sp³-hybridized carbons (Fsp3) is 0.688. The molecule has 0 radical (unpaired) electrons. The summed E-state index contributed by atoms with van der Waals surface area (Å²) in [5.41, 5.74) is 1.25. The molecule has 21 heavy (non-hydrogen) atoms. The number of likely N-dealkylation sites (tertiary alicyclic amines) is 1. The third-order valence-corrected chi connectivity index (χ3v) is 3.98. The van der Waals surface area contributed by atoms with E-state index in [0.717, 1.165) is 38.6 Å². The van der Waals surface area contributed by atoms with Crippen LogP contribution in [0.25, 0.3) is 0 Å². The van der Waals surface area contributed by atoms with Gasteiger partial charge in [0.25, 0.3) is 0 Å². The largest absolute Gasteiger partial charge is 0.383 e. The highest BCUT2D eigenvalue weighted by Crippen LogP contribution is 2.16. The summed E-state index contributed by atoms with van der Waals surface area (Å²) in [5, 5.41) is 3.39. The Hall–Kier alpha value is -1.17. The van der Waals surface area contributed by atoms with Crippen LogP contribution in [-0.2, 0) is 11.3 Å². The zero-order valence-electron chi connectivity index (χ0n) is 13.3. The summed E-state index contributed by atoms with van der Waals surface area (Å²) in [4.78, 5) is 9.37. The Bertz CT molecular complexity index is 407. The second-order valence-corrected chi connectivity index (χ2v) is 5.63. The van der Waals surface area contributed by atoms with Crippen molar-refractivity contribution in [3.63, 3.8) is 0 Å². The van der Waals surface area contributed by atoms with Crippen LogP contribution in [-0.4, -0.2) is 63.4 Å². The van der Waals surface area contributed by atoms with Gasteiger partial charge in [0.1, 0.15) is 5.82 Å². The smallest absolute Gasteiger partial charge is 0.132 e. The van der Waals surface area contributed by atoms with Crippen LogP contribution in [0.2, 0.25) is 0 Å². The van der Waals surface area contributed by atoms with Crippen molar-refractivity contribution in [1.29, 1.82) is 0 Å². The highest BCUT2D eigenvalue weighted by molar-refractivity contribution is 5.45. The molecule has 0 spiro atoms. The standard InChI is InChI=1S/C16H28N4O/c1-19(11-12-20-9-3-4-10-20)16-15(6-5-7-18-16)14-17-8-13-21-2/h5-7,17H,3-4,8-14H2,1-2H3. The summed E-state index contributed by atoms with van der Waals surface area (Å²) in [7, 11) is 3.86. The number of hydrogen-bond acceptors (Lipinski definition) is 5. The normalized spacial score (nSPS) is 15.5. The lowest BCUT2D eigenvalue weighted by Gasteiger charge is -2.24. The topological polar surface area (TPSA) is 40.6 Å². The quantitative estimate of drug-likeness (QED) is 0.696. The summed E-state index contributed by atoms with van der Waals surface area (Å²) in [6, 6.07) is 4.15. The van der Waals surface area contributed by atoms with E-state index in [1.54, 1.807) is 7.11 Å². The van der Waals surface area contributed by atoms with E-state index in [4.69, 9.17) is 4.74 Å². The van der Waals surface area contributed by atoms with E-state index < -0.39 is 0 Å². The second-order valence-electron chi connectivity index (χ2n) is 5.63. The number of rotatable bonds is 9. The van der Waals surface area contributed by atoms with Gasteiger partial charge in [-0.15, -0.1) is 0 Å². The molecule has 0 aliphatic carbocycles. The van der Waals surface area contributed by atoms with Crippen molar-refractivity contribution in [2.45, 2.75) is 19.4 Å². The average molecular weight is 292 g/mol. The highest BCUT2D eigenvalue weighted by Gasteiger charge is 2.13. The molecule has 5 nitrogen and oxygen atoms in total. The van der Waals surface area contributed by atoms with Gasteiger partial charge >= 0.3 is 0 Å². The molecule has 118 valence electrons. The molecule has 1 aromatic rings. The molecule has 5 heteroatoms. The highest BCUT2D eigenvalue weighted by atomic mass is 16.5. The van der Waals surface area contributed by atoms with E-state index in [2.05, 4.69) is 33.2 Å². The number of hydrogen-bond donors (Lipinski definition) is 1. The summed E-state index contributed by atoms with van der Waals surface area (Å²) in [6.07, 6.45) is 4.57. The lowest BCUT2D eigenvalue weighted by Crippen LogP contribution is -2.32. The maximum atomic E-state index is 5.06. The van der Waals surface area contributed by atoms with Crippen molar-refractivity contribution < 1.29 is 4.74 Å². The minimum atomic E-state index is 0.737. The first kappa shape index (κ1) is 16.2. The molecule has 0 saturated carbocycles. The monoisotopic (exact) mass is 292 g/mol. The summed E-state index contributed by atoms with van der Waals surface area (Å²) in [5.74, 6) is 1.08. The van der Waals surface area contributed by atoms with E-state index in [1.807, 2.05) is 12.3 Å². The van der Waals surface area contributed by atoms with Crippen LogP contribution in [0, 0.1) is 0 Å². The maximum Gasteiger partial charge on any atom is 0.132 e. The molecule has 1 aromatic heterocycles. The van der Waals surface area contributed by atoms with Gasteiger partial charge in [0, 0.05) is 52.1 Å². The van der Waals surface area contributed by atoms with Crippen LogP contribution in [0.15, 0.2) is 18.3 Å². The maximum absolute atomic E-state index is 5.06. The Morgan fingerprint density at radius 2 is 2.19 bits per heavy atom. The summed E-state index contributed by atoms with van der Waals surface area (Å²) >= 11 is 0. The number of nitrogens with one attached hydrogen (secondary N) is 1. The molecule has 0 unspecified atom stereocenters. The lowest BCUT2D eigenvalue weighted by molar-refractivity contribution is 0.199. The molecule has 1 aliphatic heterocycles. The van der Waals surface area contributed by atoms with E-state index in [9.17, 15) is 0 Å². The second kappa shape index (κ2) is 8.97. The fourth-order valence-corrected chi connectivity index (χ4v) is 2.71. The lowest BCUT2D eigenvalue weighted by atomic mass is 10.2.